The average molecular weight is 238 g/mol. The second kappa shape index (κ2) is 5.38. The van der Waals surface area contributed by atoms with Crippen LogP contribution < -0.4 is 5.32 Å². The number of nitrogens with zero attached hydrogens (tertiary/aromatic N) is 1. The van der Waals surface area contributed by atoms with Gasteiger partial charge >= 0.3 is 0 Å². The minimum absolute atomic E-state index is 0.0182. The Bertz CT molecular complexity index is 273. The molecule has 1 aliphatic carbocycles. The van der Waals surface area contributed by atoms with Gasteiger partial charge in [0, 0.05) is 6.54 Å². The highest BCUT2D eigenvalue weighted by atomic mass is 16.2. The van der Waals surface area contributed by atoms with Crippen molar-refractivity contribution in [3.8, 4) is 0 Å². The monoisotopic (exact) mass is 238 g/mol. The Balaban J connectivity index is 2.04. The zero-order valence-electron chi connectivity index (χ0n) is 11.4. The van der Waals surface area contributed by atoms with Crippen molar-refractivity contribution >= 4 is 5.91 Å². The van der Waals surface area contributed by atoms with E-state index in [2.05, 4.69) is 24.1 Å². The van der Waals surface area contributed by atoms with Gasteiger partial charge in [-0.2, -0.15) is 0 Å². The Morgan fingerprint density at radius 2 is 2.06 bits per heavy atom. The molecular formula is C14H26N2O. The third-order valence-electron chi connectivity index (χ3n) is 4.46. The van der Waals surface area contributed by atoms with Crippen LogP contribution in [0.4, 0.5) is 0 Å². The molecule has 1 N–H and O–H groups in total. The van der Waals surface area contributed by atoms with E-state index < -0.39 is 0 Å². The van der Waals surface area contributed by atoms with Gasteiger partial charge in [0.1, 0.15) is 0 Å². The summed E-state index contributed by atoms with van der Waals surface area (Å²) < 4.78 is 0. The number of hydrogen-bond acceptors (Lipinski definition) is 2. The van der Waals surface area contributed by atoms with Crippen LogP contribution in [-0.4, -0.2) is 29.6 Å². The molecule has 1 aliphatic heterocycles. The van der Waals surface area contributed by atoms with E-state index >= 15 is 0 Å². The van der Waals surface area contributed by atoms with Crippen LogP contribution >= 0.6 is 0 Å². The van der Waals surface area contributed by atoms with Crippen molar-refractivity contribution in [2.24, 2.45) is 11.8 Å². The molecule has 1 saturated heterocycles. The molecule has 3 atom stereocenters. The molecule has 0 radical (unpaired) electrons. The molecular weight excluding hydrogens is 212 g/mol. The van der Waals surface area contributed by atoms with Gasteiger partial charge in [0.2, 0.25) is 5.91 Å². The first-order valence-corrected chi connectivity index (χ1v) is 7.20. The minimum atomic E-state index is 0.0182. The van der Waals surface area contributed by atoms with E-state index in [0.717, 1.165) is 13.0 Å². The van der Waals surface area contributed by atoms with E-state index in [1.54, 1.807) is 0 Å². The minimum Gasteiger partial charge on any atom is -0.325 e. The van der Waals surface area contributed by atoms with E-state index in [4.69, 9.17) is 0 Å². The van der Waals surface area contributed by atoms with Crippen LogP contribution in [0.2, 0.25) is 0 Å². The van der Waals surface area contributed by atoms with Gasteiger partial charge in [-0.3, -0.25) is 10.1 Å². The van der Waals surface area contributed by atoms with Gasteiger partial charge in [-0.15, -0.1) is 0 Å². The number of hydrogen-bond donors (Lipinski definition) is 1. The summed E-state index contributed by atoms with van der Waals surface area (Å²) >= 11 is 0. The van der Waals surface area contributed by atoms with Crippen LogP contribution in [0.25, 0.3) is 0 Å². The van der Waals surface area contributed by atoms with Crippen LogP contribution in [0.5, 0.6) is 0 Å². The second-order valence-corrected chi connectivity index (χ2v) is 5.88. The lowest BCUT2D eigenvalue weighted by molar-refractivity contribution is -0.130. The fourth-order valence-corrected chi connectivity index (χ4v) is 3.14. The number of carbonyl (C=O) groups is 1. The van der Waals surface area contributed by atoms with Gasteiger partial charge in [-0.05, 0) is 31.6 Å². The summed E-state index contributed by atoms with van der Waals surface area (Å²) in [5, 5.41) is 3.50. The molecule has 0 aromatic carbocycles. The number of rotatable bonds is 4. The smallest absolute Gasteiger partial charge is 0.240 e. The zero-order valence-corrected chi connectivity index (χ0v) is 11.4. The quantitative estimate of drug-likeness (QED) is 0.815. The number of nitrogens with one attached hydrogen (secondary N) is 1. The summed E-state index contributed by atoms with van der Waals surface area (Å²) in [4.78, 5) is 14.3. The number of carbonyl (C=O) groups excluding carboxylic acids is 1. The lowest BCUT2D eigenvalue weighted by Crippen LogP contribution is -2.44. The molecule has 2 fully saturated rings. The Morgan fingerprint density at radius 1 is 1.41 bits per heavy atom. The van der Waals surface area contributed by atoms with E-state index in [-0.39, 0.29) is 6.04 Å². The van der Waals surface area contributed by atoms with Crippen molar-refractivity contribution < 1.29 is 4.79 Å². The van der Waals surface area contributed by atoms with Gasteiger partial charge in [0.05, 0.1) is 12.2 Å². The predicted octanol–water partition coefficient (Wildman–Crippen LogP) is 2.37. The third-order valence-corrected chi connectivity index (χ3v) is 4.46. The van der Waals surface area contributed by atoms with Gasteiger partial charge < -0.3 is 4.90 Å². The van der Waals surface area contributed by atoms with E-state index in [0.29, 0.717) is 23.9 Å². The maximum Gasteiger partial charge on any atom is 0.240 e. The van der Waals surface area contributed by atoms with Crippen molar-refractivity contribution in [1.82, 2.24) is 10.2 Å². The van der Waals surface area contributed by atoms with Crippen LogP contribution in [0.3, 0.4) is 0 Å². The molecule has 3 nitrogen and oxygen atoms in total. The normalized spacial score (nSPS) is 32.4. The molecule has 3 unspecified atom stereocenters. The predicted molar refractivity (Wildman–Crippen MR) is 69.5 cm³/mol. The Labute approximate surface area is 105 Å². The Kier molecular flexibility index (Phi) is 4.08. The standard InChI is InChI=1S/C14H26N2O/c1-4-10(2)9-16-13(12-7-5-6-8-12)15-11(3)14(16)17/h10-13,15H,4-9H2,1-3H3. The van der Waals surface area contributed by atoms with Crippen molar-refractivity contribution in [1.29, 1.82) is 0 Å². The fourth-order valence-electron chi connectivity index (χ4n) is 3.14. The van der Waals surface area contributed by atoms with Crippen LogP contribution in [0, 0.1) is 11.8 Å². The summed E-state index contributed by atoms with van der Waals surface area (Å²) in [6.07, 6.45) is 6.71. The van der Waals surface area contributed by atoms with Crippen molar-refractivity contribution in [3.05, 3.63) is 0 Å². The summed E-state index contributed by atoms with van der Waals surface area (Å²) in [6.45, 7) is 7.36. The van der Waals surface area contributed by atoms with Gasteiger partial charge in [0.15, 0.2) is 0 Å². The first-order chi connectivity index (χ1) is 8.13. The zero-order chi connectivity index (χ0) is 12.4. The first kappa shape index (κ1) is 12.9. The highest BCUT2D eigenvalue weighted by Gasteiger charge is 2.41. The van der Waals surface area contributed by atoms with E-state index in [9.17, 15) is 4.79 Å². The molecule has 1 amide bonds. The number of amides is 1. The highest BCUT2D eigenvalue weighted by Crippen LogP contribution is 2.32. The van der Waals surface area contributed by atoms with Gasteiger partial charge in [0.25, 0.3) is 0 Å². The lowest BCUT2D eigenvalue weighted by Gasteiger charge is -2.30. The highest BCUT2D eigenvalue weighted by molar-refractivity contribution is 5.84. The molecule has 17 heavy (non-hydrogen) atoms. The molecule has 1 heterocycles. The van der Waals surface area contributed by atoms with Gasteiger partial charge in [-0.25, -0.2) is 0 Å². The molecule has 2 rings (SSSR count). The second-order valence-electron chi connectivity index (χ2n) is 5.88. The molecule has 0 aromatic heterocycles. The maximum absolute atomic E-state index is 12.2. The largest absolute Gasteiger partial charge is 0.325 e. The van der Waals surface area contributed by atoms with Crippen molar-refractivity contribution in [3.63, 3.8) is 0 Å². The third kappa shape index (κ3) is 2.65. The molecule has 0 aromatic rings. The maximum atomic E-state index is 12.2. The summed E-state index contributed by atoms with van der Waals surface area (Å²) in [5.41, 5.74) is 0. The van der Waals surface area contributed by atoms with Crippen LogP contribution in [-0.2, 0) is 4.79 Å². The topological polar surface area (TPSA) is 32.3 Å². The van der Waals surface area contributed by atoms with E-state index in [1.807, 2.05) is 6.92 Å². The molecule has 2 aliphatic rings. The fraction of sp³-hybridized carbons (Fsp3) is 0.929. The first-order valence-electron chi connectivity index (χ1n) is 7.20. The van der Waals surface area contributed by atoms with Crippen LogP contribution in [0.1, 0.15) is 52.9 Å². The Hall–Kier alpha value is -0.570. The van der Waals surface area contributed by atoms with Crippen LogP contribution in [0.15, 0.2) is 0 Å². The lowest BCUT2D eigenvalue weighted by atomic mass is 10.0. The molecule has 0 spiro atoms. The summed E-state index contributed by atoms with van der Waals surface area (Å²) in [7, 11) is 0. The van der Waals surface area contributed by atoms with E-state index in [1.165, 1.54) is 25.7 Å². The summed E-state index contributed by atoms with van der Waals surface area (Å²) in [5.74, 6) is 1.60. The van der Waals surface area contributed by atoms with Gasteiger partial charge in [-0.1, -0.05) is 33.1 Å². The van der Waals surface area contributed by atoms with Crippen molar-refractivity contribution in [2.45, 2.75) is 65.1 Å². The Morgan fingerprint density at radius 3 is 2.65 bits per heavy atom. The average Bonchev–Trinajstić information content (AvgIpc) is 2.92. The molecule has 3 heteroatoms. The van der Waals surface area contributed by atoms with Crippen molar-refractivity contribution in [2.75, 3.05) is 6.54 Å². The molecule has 0 bridgehead atoms. The molecule has 98 valence electrons. The SMILES string of the molecule is CCC(C)CN1C(=O)C(C)NC1C1CCCC1. The molecule has 1 saturated carbocycles. The summed E-state index contributed by atoms with van der Waals surface area (Å²) in [6, 6.07) is 0.0182.